The Balaban J connectivity index is 2.86. The third-order valence-corrected chi connectivity index (χ3v) is 4.97. The molecule has 0 saturated carbocycles. The summed E-state index contributed by atoms with van der Waals surface area (Å²) in [7, 11) is -3.51. The first-order valence-electron chi connectivity index (χ1n) is 6.85. The molecule has 0 fully saturated rings. The molecule has 0 unspecified atom stereocenters. The third kappa shape index (κ3) is 4.56. The highest BCUT2D eigenvalue weighted by atomic mass is 32.2. The molecule has 0 aliphatic heterocycles. The monoisotopic (exact) mass is 300 g/mol. The van der Waals surface area contributed by atoms with Crippen molar-refractivity contribution in [3.63, 3.8) is 0 Å². The number of nitrogens with one attached hydrogen (secondary N) is 1. The van der Waals surface area contributed by atoms with Gasteiger partial charge in [-0.15, -0.1) is 0 Å². The predicted octanol–water partition coefficient (Wildman–Crippen LogP) is 1.19. The van der Waals surface area contributed by atoms with E-state index < -0.39 is 10.0 Å². The van der Waals surface area contributed by atoms with Crippen molar-refractivity contribution in [3.05, 3.63) is 29.8 Å². The van der Waals surface area contributed by atoms with Crippen LogP contribution in [0.15, 0.2) is 29.2 Å². The van der Waals surface area contributed by atoms with Crippen LogP contribution in [0, 0.1) is 0 Å². The summed E-state index contributed by atoms with van der Waals surface area (Å²) in [6.45, 7) is 6.89. The van der Waals surface area contributed by atoms with E-state index in [0.717, 1.165) is 5.56 Å². The molecule has 1 aromatic carbocycles. The second kappa shape index (κ2) is 7.73. The highest BCUT2D eigenvalue weighted by Crippen LogP contribution is 2.16. The van der Waals surface area contributed by atoms with Crippen molar-refractivity contribution in [2.24, 2.45) is 0 Å². The summed E-state index contributed by atoms with van der Waals surface area (Å²) in [4.78, 5) is 0.265. The summed E-state index contributed by atoms with van der Waals surface area (Å²) in [6, 6.07) is 7.25. The van der Waals surface area contributed by atoms with Crippen molar-refractivity contribution < 1.29 is 13.5 Å². The first-order valence-corrected chi connectivity index (χ1v) is 8.29. The summed E-state index contributed by atoms with van der Waals surface area (Å²) in [5.74, 6) is 0. The van der Waals surface area contributed by atoms with Crippen LogP contribution in [0.4, 0.5) is 0 Å². The molecule has 0 atom stereocenters. The lowest BCUT2D eigenvalue weighted by Gasteiger charge is -2.19. The second-order valence-electron chi connectivity index (χ2n) is 4.90. The highest BCUT2D eigenvalue weighted by molar-refractivity contribution is 7.89. The van der Waals surface area contributed by atoms with Crippen LogP contribution >= 0.6 is 0 Å². The van der Waals surface area contributed by atoms with E-state index in [1.807, 2.05) is 12.1 Å². The van der Waals surface area contributed by atoms with E-state index in [9.17, 15) is 8.42 Å². The van der Waals surface area contributed by atoms with Crippen LogP contribution in [0.5, 0.6) is 0 Å². The maximum absolute atomic E-state index is 12.3. The van der Waals surface area contributed by atoms with Crippen LogP contribution < -0.4 is 5.32 Å². The minimum atomic E-state index is -3.51. The van der Waals surface area contributed by atoms with Gasteiger partial charge in [0.25, 0.3) is 0 Å². The van der Waals surface area contributed by atoms with Crippen molar-refractivity contribution in [3.8, 4) is 0 Å². The lowest BCUT2D eigenvalue weighted by Crippen LogP contribution is -2.33. The lowest BCUT2D eigenvalue weighted by molar-refractivity contribution is 0.257. The van der Waals surface area contributed by atoms with Gasteiger partial charge >= 0.3 is 0 Å². The zero-order valence-electron chi connectivity index (χ0n) is 12.3. The summed E-state index contributed by atoms with van der Waals surface area (Å²) in [5.41, 5.74) is 1.04. The normalized spacial score (nSPS) is 12.3. The summed E-state index contributed by atoms with van der Waals surface area (Å²) >= 11 is 0. The van der Waals surface area contributed by atoms with E-state index >= 15 is 0 Å². The zero-order valence-corrected chi connectivity index (χ0v) is 13.2. The average Bonchev–Trinajstić information content (AvgIpc) is 2.42. The number of nitrogens with zero attached hydrogens (tertiary/aromatic N) is 1. The predicted molar refractivity (Wildman–Crippen MR) is 79.9 cm³/mol. The average molecular weight is 300 g/mol. The molecule has 1 aromatic rings. The van der Waals surface area contributed by atoms with Crippen LogP contribution in [-0.2, 0) is 16.6 Å². The van der Waals surface area contributed by atoms with Gasteiger partial charge in [0.1, 0.15) is 0 Å². The smallest absolute Gasteiger partial charge is 0.243 e. The number of sulfonamides is 1. The summed E-state index contributed by atoms with van der Waals surface area (Å²) in [5, 5.41) is 12.2. The van der Waals surface area contributed by atoms with Crippen LogP contribution in [0.1, 0.15) is 26.3 Å². The van der Waals surface area contributed by atoms with E-state index in [4.69, 9.17) is 5.11 Å². The zero-order chi connectivity index (χ0) is 15.2. The summed E-state index contributed by atoms with van der Waals surface area (Å²) in [6.07, 6.45) is 0. The number of aliphatic hydroxyl groups is 1. The molecule has 0 aliphatic carbocycles. The highest BCUT2D eigenvalue weighted by Gasteiger charge is 2.22. The van der Waals surface area contributed by atoms with Gasteiger partial charge in [0.2, 0.25) is 10.0 Å². The Morgan fingerprint density at radius 2 is 1.85 bits per heavy atom. The third-order valence-electron chi connectivity index (χ3n) is 2.98. The largest absolute Gasteiger partial charge is 0.395 e. The number of aliphatic hydroxyl groups excluding tert-OH is 1. The number of rotatable bonds is 8. The Morgan fingerprint density at radius 3 is 2.30 bits per heavy atom. The molecule has 6 heteroatoms. The van der Waals surface area contributed by atoms with Crippen LogP contribution in [0.2, 0.25) is 0 Å². The van der Waals surface area contributed by atoms with Crippen LogP contribution in [-0.4, -0.2) is 43.6 Å². The van der Waals surface area contributed by atoms with Gasteiger partial charge < -0.3 is 10.4 Å². The van der Waals surface area contributed by atoms with Gasteiger partial charge in [-0.1, -0.05) is 32.9 Å². The van der Waals surface area contributed by atoms with Crippen molar-refractivity contribution in [1.29, 1.82) is 0 Å². The quantitative estimate of drug-likeness (QED) is 0.756. The Bertz CT molecular complexity index is 498. The van der Waals surface area contributed by atoms with Gasteiger partial charge in [-0.3, -0.25) is 0 Å². The second-order valence-corrected chi connectivity index (χ2v) is 6.84. The minimum absolute atomic E-state index is 0.121. The summed E-state index contributed by atoms with van der Waals surface area (Å²) < 4.78 is 25.9. The Labute approximate surface area is 121 Å². The first kappa shape index (κ1) is 17.1. The molecule has 20 heavy (non-hydrogen) atoms. The van der Waals surface area contributed by atoms with E-state index in [0.29, 0.717) is 19.1 Å². The Morgan fingerprint density at radius 1 is 1.25 bits per heavy atom. The maximum Gasteiger partial charge on any atom is 0.243 e. The Kier molecular flexibility index (Phi) is 6.61. The molecule has 0 saturated heterocycles. The number of likely N-dealkylation sites (N-methyl/N-ethyl adjacent to an activating group) is 1. The molecular formula is C14H24N2O3S. The van der Waals surface area contributed by atoms with Crippen molar-refractivity contribution in [2.45, 2.75) is 38.3 Å². The van der Waals surface area contributed by atoms with Gasteiger partial charge in [-0.25, -0.2) is 8.42 Å². The van der Waals surface area contributed by atoms with E-state index in [-0.39, 0.29) is 18.0 Å². The SMILES string of the molecule is CCN(CCO)S(=O)(=O)c1ccc(CNC(C)C)cc1. The molecular weight excluding hydrogens is 276 g/mol. The Hall–Kier alpha value is -0.950. The van der Waals surface area contributed by atoms with Gasteiger partial charge in [-0.2, -0.15) is 4.31 Å². The fraction of sp³-hybridized carbons (Fsp3) is 0.571. The maximum atomic E-state index is 12.3. The van der Waals surface area contributed by atoms with Crippen molar-refractivity contribution >= 4 is 10.0 Å². The molecule has 1 rings (SSSR count). The fourth-order valence-electron chi connectivity index (χ4n) is 1.81. The van der Waals surface area contributed by atoms with E-state index in [1.165, 1.54) is 4.31 Å². The van der Waals surface area contributed by atoms with Crippen LogP contribution in [0.25, 0.3) is 0 Å². The van der Waals surface area contributed by atoms with Crippen molar-refractivity contribution in [2.75, 3.05) is 19.7 Å². The number of benzene rings is 1. The molecule has 2 N–H and O–H groups in total. The topological polar surface area (TPSA) is 69.6 Å². The standard InChI is InChI=1S/C14H24N2O3S/c1-4-16(9-10-17)20(18,19)14-7-5-13(6-8-14)11-15-12(2)3/h5-8,12,15,17H,4,9-11H2,1-3H3. The van der Waals surface area contributed by atoms with Gasteiger partial charge in [-0.05, 0) is 17.7 Å². The molecule has 0 heterocycles. The minimum Gasteiger partial charge on any atom is -0.395 e. The first-order chi connectivity index (χ1) is 9.41. The molecule has 114 valence electrons. The van der Waals surface area contributed by atoms with Crippen molar-refractivity contribution in [1.82, 2.24) is 9.62 Å². The van der Waals surface area contributed by atoms with E-state index in [2.05, 4.69) is 19.2 Å². The van der Waals surface area contributed by atoms with Gasteiger partial charge in [0, 0.05) is 25.7 Å². The lowest BCUT2D eigenvalue weighted by atomic mass is 10.2. The van der Waals surface area contributed by atoms with Gasteiger partial charge in [0.15, 0.2) is 0 Å². The molecule has 0 radical (unpaired) electrons. The molecule has 0 aromatic heterocycles. The molecule has 0 spiro atoms. The van der Waals surface area contributed by atoms with Gasteiger partial charge in [0.05, 0.1) is 11.5 Å². The molecule has 0 bridgehead atoms. The molecule has 0 amide bonds. The molecule has 5 nitrogen and oxygen atoms in total. The fourth-order valence-corrected chi connectivity index (χ4v) is 3.25. The van der Waals surface area contributed by atoms with E-state index in [1.54, 1.807) is 19.1 Å². The van der Waals surface area contributed by atoms with Crippen LogP contribution in [0.3, 0.4) is 0 Å². The number of hydrogen-bond donors (Lipinski definition) is 2. The molecule has 0 aliphatic rings. The number of hydrogen-bond acceptors (Lipinski definition) is 4.